The number of carboxylic acid groups (broad SMARTS) is 2. The number of nitrogens with one attached hydrogen (secondary N) is 6. The fraction of sp³-hybridized carbons (Fsp3) is 0.282. The summed E-state index contributed by atoms with van der Waals surface area (Å²) in [5.74, 6) is 6.17. The molecule has 6 heterocycles. The van der Waals surface area contributed by atoms with Gasteiger partial charge in [-0.1, -0.05) is 42.6 Å². The molecule has 54 heteroatoms. The van der Waals surface area contributed by atoms with Gasteiger partial charge in [-0.05, 0) is 141 Å². The summed E-state index contributed by atoms with van der Waals surface area (Å²) in [4.78, 5) is 227. The van der Waals surface area contributed by atoms with Gasteiger partial charge in [0.25, 0.3) is 22.9 Å². The maximum atomic E-state index is 13.2. The molecule has 4 aliphatic heterocycles. The van der Waals surface area contributed by atoms with Crippen molar-refractivity contribution >= 4 is 104 Å². The number of aromatic nitrogens is 4. The second-order valence-corrected chi connectivity index (χ2v) is 37.7. The normalized spacial score (nSPS) is 16.8. The number of carbonyl (C=O) groups excluding carboxylic acids is 4. The number of phosphoric ester groups is 2. The molecule has 2 aromatic heterocycles. The third-order valence-corrected chi connectivity index (χ3v) is 26.9. The number of aromatic hydroxyl groups is 2. The lowest BCUT2D eigenvalue weighted by atomic mass is 9.89. The summed E-state index contributed by atoms with van der Waals surface area (Å²) >= 11 is 0. The summed E-state index contributed by atoms with van der Waals surface area (Å²) in [7, 11) is -33.4. The number of carboxylic acids is 2. The number of aromatic carboxylic acids is 2. The van der Waals surface area contributed by atoms with Crippen LogP contribution < -0.4 is 54.6 Å². The molecular weight excluding hydrogens is 1870 g/mol. The fourth-order valence-corrected chi connectivity index (χ4v) is 19.6. The van der Waals surface area contributed by atoms with Crippen LogP contribution in [0.3, 0.4) is 0 Å². The lowest BCUT2D eigenvalue weighted by Crippen LogP contribution is -2.33. The molecule has 6 aliphatic rings. The molecule has 18 N–H and O–H groups in total. The zero-order chi connectivity index (χ0) is 96.0. The summed E-state index contributed by atoms with van der Waals surface area (Å²) < 4.78 is 117. The number of hydrogen-bond donors (Lipinski definition) is 18. The van der Waals surface area contributed by atoms with Crippen molar-refractivity contribution in [2.24, 2.45) is 0 Å². The van der Waals surface area contributed by atoms with Gasteiger partial charge in [0.15, 0.2) is 10.9 Å². The van der Waals surface area contributed by atoms with Crippen LogP contribution in [0.4, 0.5) is 0 Å². The highest BCUT2D eigenvalue weighted by Crippen LogP contribution is 2.68. The number of carbonyl (C=O) groups is 6. The SMILES string of the molecule is O=C(CCCCCNC(=O)c1ccc(-c2c3ccc(=O)cc-3oc3cc(O)ccc23)c(C(=O)O)c1)NCC#Cc1cn([C@H]2CC[C@@H](COP(=O)(O)OP(=O)(O)OP(=O)(O)O)O2)c(=O)[nH]c1=O.O=C(CCCCCNC(=O)c1ccc(C(=O)O)c(-c2c3ccc(=O)cc-3oc3cc(O)ccc23)c1)NCC#Cc1cn([C@H]2CC[C@@H](COP(=O)(O)OP(=O)(O)OP(=O)(O)O)O2)c(=O)[nH]c1=O. The minimum Gasteiger partial charge on any atom is -0.508 e. The second-order valence-electron chi connectivity index (χ2n) is 28.8. The zero-order valence-corrected chi connectivity index (χ0v) is 73.3. The van der Waals surface area contributed by atoms with Crippen LogP contribution in [-0.2, 0) is 72.7 Å². The lowest BCUT2D eigenvalue weighted by Gasteiger charge is -2.19. The Labute approximate surface area is 740 Å². The van der Waals surface area contributed by atoms with Crippen molar-refractivity contribution in [3.05, 3.63) is 217 Å². The summed E-state index contributed by atoms with van der Waals surface area (Å²) in [5, 5.41) is 52.0. The number of rotatable bonds is 36. The topological polar surface area (TPSA) is 740 Å². The molecule has 0 saturated carbocycles. The third kappa shape index (κ3) is 28.0. The third-order valence-electron chi connectivity index (χ3n) is 19.2. The van der Waals surface area contributed by atoms with E-state index in [0.29, 0.717) is 71.6 Å². The lowest BCUT2D eigenvalue weighted by molar-refractivity contribution is -0.121. The number of fused-ring (bicyclic) bond motifs is 4. The van der Waals surface area contributed by atoms with E-state index in [1.807, 2.05) is 0 Å². The molecule has 4 aromatic carbocycles. The van der Waals surface area contributed by atoms with Crippen LogP contribution >= 0.6 is 46.9 Å². The molecule has 0 bridgehead atoms. The molecule has 6 aromatic rings. The predicted octanol–water partition coefficient (Wildman–Crippen LogP) is 6.60. The Bertz CT molecular complexity index is 6930. The molecule has 48 nitrogen and oxygen atoms in total. The minimum absolute atomic E-state index is 0.0836. The molecule has 2 saturated heterocycles. The van der Waals surface area contributed by atoms with E-state index in [-0.39, 0.29) is 166 Å². The van der Waals surface area contributed by atoms with Gasteiger partial charge in [-0.3, -0.25) is 66.5 Å². The van der Waals surface area contributed by atoms with E-state index < -0.39 is 131 Å². The fourth-order valence-electron chi connectivity index (χ4n) is 13.5. The maximum Gasteiger partial charge on any atom is 0.490 e. The Hall–Kier alpha value is -12.1. The smallest absolute Gasteiger partial charge is 0.490 e. The van der Waals surface area contributed by atoms with E-state index in [1.165, 1.54) is 97.1 Å². The van der Waals surface area contributed by atoms with Gasteiger partial charge in [0.05, 0.1) is 49.6 Å². The number of amides is 4. The van der Waals surface area contributed by atoms with Gasteiger partial charge in [-0.25, -0.2) is 46.6 Å². The maximum absolute atomic E-state index is 13.2. The van der Waals surface area contributed by atoms with E-state index >= 15 is 0 Å². The highest BCUT2D eigenvalue weighted by atomic mass is 31.3. The average Bonchev–Trinajstić information content (AvgIpc) is 0.895. The van der Waals surface area contributed by atoms with Crippen LogP contribution in [0.5, 0.6) is 11.5 Å². The Kier molecular flexibility index (Phi) is 32.8. The first-order chi connectivity index (χ1) is 62.2. The van der Waals surface area contributed by atoms with Crippen LogP contribution in [0.2, 0.25) is 0 Å². The van der Waals surface area contributed by atoms with Gasteiger partial charge in [0.2, 0.25) is 11.8 Å². The number of phosphoric acid groups is 6. The molecule has 2 aliphatic carbocycles. The Morgan fingerprint density at radius 2 is 0.848 bits per heavy atom. The molecule has 4 unspecified atom stereocenters. The molecule has 132 heavy (non-hydrogen) atoms. The summed E-state index contributed by atoms with van der Waals surface area (Å²) in [5.41, 5.74) is -1.97. The Morgan fingerprint density at radius 3 is 1.27 bits per heavy atom. The van der Waals surface area contributed by atoms with E-state index in [0.717, 1.165) is 21.5 Å². The second kappa shape index (κ2) is 43.1. The molecule has 0 radical (unpaired) electrons. The number of H-pyrrole nitrogens is 2. The average molecular weight is 1950 g/mol. The molecule has 0 spiro atoms. The minimum atomic E-state index is -5.72. The standard InChI is InChI=1S/2C39H39N4O20P3/c44-24-8-12-28-31(18-24)61-32-19-25(45)9-13-29(32)35(28)30-17-22(7-11-27(30)38(49)50)36(47)41-15-3-1-2-6-33(46)40-16-4-5-23-20-43(39(51)42-37(23)48)34-14-10-26(60-34)21-59-65(55,56)63-66(57,58)62-64(52,53)54;44-24-8-12-28-31(18-24)61-32-19-25(45)9-13-29(32)35(28)27-11-7-22(17-30(27)38(49)50)36(47)41-15-3-1-2-6-33(46)40-16-4-5-23-20-43(39(51)42-37(23)48)34-14-10-26(60-34)21-59-65(55,56)63-66(57,58)62-64(52,53)54/h2*7-9,11-13,17-20,26,34,44H,1-3,6,10,14-16,21H2,(H,40,46)(H,41,47)(H,49,50)(H,55,56)(H,57,58)(H,42,48,51)(H2,52,53,54)/t2*26-,34+/m00/s1. The largest absolute Gasteiger partial charge is 0.508 e. The Morgan fingerprint density at radius 1 is 0.439 bits per heavy atom. The summed E-state index contributed by atoms with van der Waals surface area (Å²) in [6.07, 6.45) is 1.83. The van der Waals surface area contributed by atoms with Crippen molar-refractivity contribution in [2.45, 2.75) is 102 Å². The van der Waals surface area contributed by atoms with Gasteiger partial charge in [-0.15, -0.1) is 0 Å². The van der Waals surface area contributed by atoms with Gasteiger partial charge < -0.3 is 99.1 Å². The van der Waals surface area contributed by atoms with Crippen molar-refractivity contribution in [1.29, 1.82) is 0 Å². The number of phenols is 2. The summed E-state index contributed by atoms with van der Waals surface area (Å²) in [6, 6.07) is 25.1. The summed E-state index contributed by atoms with van der Waals surface area (Å²) in [6.45, 7) is -1.35. The number of aromatic amines is 2. The van der Waals surface area contributed by atoms with E-state index in [4.69, 9.17) is 37.9 Å². The molecule has 4 amide bonds. The first kappa shape index (κ1) is 100. The number of ether oxygens (including phenoxy) is 2. The van der Waals surface area contributed by atoms with E-state index in [9.17, 15) is 125 Å². The van der Waals surface area contributed by atoms with Crippen molar-refractivity contribution < 1.29 is 160 Å². The first-order valence-electron chi connectivity index (χ1n) is 39.0. The van der Waals surface area contributed by atoms with Crippen LogP contribution in [0.25, 0.3) is 66.8 Å². The first-order valence-corrected chi connectivity index (χ1v) is 48.0. The highest BCUT2D eigenvalue weighted by Gasteiger charge is 2.44. The molecule has 8 atom stereocenters. The van der Waals surface area contributed by atoms with Crippen molar-refractivity contribution in [2.75, 3.05) is 39.4 Å². The van der Waals surface area contributed by atoms with Gasteiger partial charge >= 0.3 is 70.3 Å². The van der Waals surface area contributed by atoms with Crippen LogP contribution in [0.15, 0.2) is 159 Å². The zero-order valence-electron chi connectivity index (χ0n) is 68.0. The highest BCUT2D eigenvalue weighted by molar-refractivity contribution is 7.67. The molecule has 700 valence electrons. The quantitative estimate of drug-likeness (QED) is 0.00851. The van der Waals surface area contributed by atoms with Crippen LogP contribution in [0.1, 0.15) is 142 Å². The number of hydrogen-bond acceptors (Lipinski definition) is 30. The number of benzene rings is 6. The predicted molar refractivity (Wildman–Crippen MR) is 456 cm³/mol. The van der Waals surface area contributed by atoms with E-state index in [2.05, 4.69) is 81.2 Å². The van der Waals surface area contributed by atoms with Gasteiger partial charge in [0, 0.05) is 107 Å². The molecule has 2 fully saturated rings. The van der Waals surface area contributed by atoms with Crippen molar-refractivity contribution in [3.63, 3.8) is 0 Å². The Balaban J connectivity index is 0.000000255. The van der Waals surface area contributed by atoms with Crippen molar-refractivity contribution in [3.8, 4) is 80.1 Å². The van der Waals surface area contributed by atoms with Crippen LogP contribution in [0, 0.1) is 23.7 Å². The number of nitrogens with zero attached hydrogens (tertiary/aromatic N) is 2. The number of unbranched alkanes of at least 4 members (excludes halogenated alkanes) is 4. The number of phenolic OH excluding ortho intramolecular Hbond substituents is 2. The molecular formula is C78H78N8O40P6. The van der Waals surface area contributed by atoms with Crippen molar-refractivity contribution in [1.82, 2.24) is 40.4 Å². The van der Waals surface area contributed by atoms with Gasteiger partial charge in [-0.2, -0.15) is 17.2 Å². The monoisotopic (exact) mass is 1950 g/mol. The van der Waals surface area contributed by atoms with Crippen LogP contribution in [-0.4, -0.2) is 166 Å². The van der Waals surface area contributed by atoms with E-state index in [1.54, 1.807) is 12.1 Å². The molecule has 12 rings (SSSR count). The van der Waals surface area contributed by atoms with Gasteiger partial charge in [0.1, 0.15) is 57.8 Å².